The summed E-state index contributed by atoms with van der Waals surface area (Å²) in [5.74, 6) is 0.162. The number of aromatic amines is 1. The molecule has 0 radical (unpaired) electrons. The van der Waals surface area contributed by atoms with Gasteiger partial charge in [0.05, 0.1) is 5.69 Å². The molecule has 2 fully saturated rings. The summed E-state index contributed by atoms with van der Waals surface area (Å²) in [6, 6.07) is 17.2. The summed E-state index contributed by atoms with van der Waals surface area (Å²) in [7, 11) is 0. The first-order valence-electron chi connectivity index (χ1n) is 12.3. The number of nitrogens with one attached hydrogen (secondary N) is 1. The largest absolute Gasteiger partial charge is 0.356 e. The van der Waals surface area contributed by atoms with Gasteiger partial charge >= 0.3 is 0 Å². The molecule has 0 spiro atoms. The number of amides is 2. The number of carbonyl (C=O) groups excluding carboxylic acids is 2. The van der Waals surface area contributed by atoms with Crippen molar-refractivity contribution in [3.05, 3.63) is 70.9 Å². The van der Waals surface area contributed by atoms with Crippen molar-refractivity contribution in [3.8, 4) is 0 Å². The first-order chi connectivity index (χ1) is 16.0. The highest BCUT2D eigenvalue weighted by Crippen LogP contribution is 2.48. The quantitative estimate of drug-likeness (QED) is 0.640. The highest BCUT2D eigenvalue weighted by molar-refractivity contribution is 6.01. The third-order valence-corrected chi connectivity index (χ3v) is 8.33. The van der Waals surface area contributed by atoms with E-state index in [1.165, 1.54) is 16.7 Å². The van der Waals surface area contributed by atoms with Gasteiger partial charge in [0, 0.05) is 29.4 Å². The average Bonchev–Trinajstić information content (AvgIpc) is 3.51. The highest BCUT2D eigenvalue weighted by Gasteiger charge is 2.57. The third kappa shape index (κ3) is 2.91. The smallest absolute Gasteiger partial charge is 0.255 e. The molecule has 2 aromatic carbocycles. The minimum Gasteiger partial charge on any atom is -0.356 e. The van der Waals surface area contributed by atoms with Crippen LogP contribution in [0, 0.1) is 0 Å². The number of nitrogens with zero attached hydrogens (tertiary/aromatic N) is 2. The van der Waals surface area contributed by atoms with Crippen molar-refractivity contribution in [1.29, 1.82) is 0 Å². The average molecular weight is 442 g/mol. The van der Waals surface area contributed by atoms with Crippen molar-refractivity contribution in [2.75, 3.05) is 13.1 Å². The second-order valence-corrected chi connectivity index (χ2v) is 10.1. The van der Waals surface area contributed by atoms with Crippen LogP contribution in [0.1, 0.15) is 67.8 Å². The van der Waals surface area contributed by atoms with Crippen molar-refractivity contribution in [2.45, 2.75) is 63.5 Å². The zero-order valence-corrected chi connectivity index (χ0v) is 19.4. The number of carbonyl (C=O) groups is 2. The van der Waals surface area contributed by atoms with Gasteiger partial charge in [0.25, 0.3) is 5.91 Å². The first-order valence-corrected chi connectivity index (χ1v) is 12.3. The summed E-state index contributed by atoms with van der Waals surface area (Å²) < 4.78 is 0. The topological polar surface area (TPSA) is 56.4 Å². The molecule has 1 N–H and O–H groups in total. The number of aromatic nitrogens is 1. The molecule has 5 heteroatoms. The number of hydrogen-bond acceptors (Lipinski definition) is 2. The number of H-pyrrole nitrogens is 1. The maximum absolute atomic E-state index is 14.1. The van der Waals surface area contributed by atoms with E-state index in [1.54, 1.807) is 0 Å². The Morgan fingerprint density at radius 3 is 2.48 bits per heavy atom. The van der Waals surface area contributed by atoms with Crippen molar-refractivity contribution in [2.24, 2.45) is 0 Å². The van der Waals surface area contributed by atoms with E-state index in [0.717, 1.165) is 48.7 Å². The fourth-order valence-electron chi connectivity index (χ4n) is 6.43. The maximum Gasteiger partial charge on any atom is 0.255 e. The summed E-state index contributed by atoms with van der Waals surface area (Å²) in [6.07, 6.45) is 5.27. The Bertz CT molecular complexity index is 1240. The predicted molar refractivity (Wildman–Crippen MR) is 129 cm³/mol. The summed E-state index contributed by atoms with van der Waals surface area (Å²) >= 11 is 0. The normalized spacial score (nSPS) is 25.6. The van der Waals surface area contributed by atoms with Gasteiger partial charge in [-0.05, 0) is 48.9 Å². The van der Waals surface area contributed by atoms with Gasteiger partial charge in [0.15, 0.2) is 5.54 Å². The molecule has 1 saturated carbocycles. The van der Waals surface area contributed by atoms with Crippen LogP contribution >= 0.6 is 0 Å². The van der Waals surface area contributed by atoms with Crippen LogP contribution in [0.2, 0.25) is 0 Å². The molecule has 1 aromatic heterocycles. The molecule has 6 rings (SSSR count). The zero-order valence-electron chi connectivity index (χ0n) is 19.4. The van der Waals surface area contributed by atoms with E-state index in [2.05, 4.69) is 54.4 Å². The Morgan fingerprint density at radius 1 is 1.03 bits per heavy atom. The summed E-state index contributed by atoms with van der Waals surface area (Å²) in [4.78, 5) is 35.0. The van der Waals surface area contributed by atoms with Gasteiger partial charge in [-0.2, -0.15) is 0 Å². The molecular formula is C28H31N3O2. The highest BCUT2D eigenvalue weighted by atomic mass is 16.2. The van der Waals surface area contributed by atoms with Crippen molar-refractivity contribution in [1.82, 2.24) is 14.8 Å². The van der Waals surface area contributed by atoms with Crippen LogP contribution in [0.25, 0.3) is 10.9 Å². The van der Waals surface area contributed by atoms with Crippen LogP contribution in [-0.2, 0) is 21.5 Å². The second-order valence-electron chi connectivity index (χ2n) is 10.1. The molecule has 3 heterocycles. The van der Waals surface area contributed by atoms with Crippen LogP contribution in [-0.4, -0.2) is 45.7 Å². The Balaban J connectivity index is 1.54. The summed E-state index contributed by atoms with van der Waals surface area (Å²) in [5, 5.41) is 1.15. The number of para-hydroxylation sites is 1. The minimum absolute atomic E-state index is 0.0323. The van der Waals surface area contributed by atoms with Crippen LogP contribution in [0.5, 0.6) is 0 Å². The van der Waals surface area contributed by atoms with Crippen molar-refractivity contribution >= 4 is 22.7 Å². The molecule has 5 nitrogen and oxygen atoms in total. The van der Waals surface area contributed by atoms with Gasteiger partial charge in [0.1, 0.15) is 6.54 Å². The predicted octanol–water partition coefficient (Wildman–Crippen LogP) is 4.70. The fourth-order valence-corrected chi connectivity index (χ4v) is 6.43. The van der Waals surface area contributed by atoms with E-state index in [9.17, 15) is 9.59 Å². The van der Waals surface area contributed by atoms with Crippen molar-refractivity contribution in [3.63, 3.8) is 0 Å². The SMILES string of the molecule is CCc1ccc([C@H]2CN3C(=O)CN(C4CCCC4)C(=O)[C@]3(C)c3[nH]c4ccccc4c32)cc1. The van der Waals surface area contributed by atoms with Crippen LogP contribution in [0.4, 0.5) is 0 Å². The Morgan fingerprint density at radius 2 is 1.76 bits per heavy atom. The van der Waals surface area contributed by atoms with Gasteiger partial charge in [-0.3, -0.25) is 9.59 Å². The lowest BCUT2D eigenvalue weighted by atomic mass is 9.76. The lowest BCUT2D eigenvalue weighted by Crippen LogP contribution is -2.68. The van der Waals surface area contributed by atoms with Crippen LogP contribution in [0.3, 0.4) is 0 Å². The molecule has 1 aliphatic carbocycles. The Hall–Kier alpha value is -3.08. The van der Waals surface area contributed by atoms with E-state index in [1.807, 2.05) is 22.8 Å². The summed E-state index contributed by atoms with van der Waals surface area (Å²) in [5.41, 5.74) is 4.59. The molecular weight excluding hydrogens is 410 g/mol. The summed E-state index contributed by atoms with van der Waals surface area (Å²) in [6.45, 7) is 4.85. The van der Waals surface area contributed by atoms with E-state index in [0.29, 0.717) is 6.54 Å². The van der Waals surface area contributed by atoms with E-state index < -0.39 is 5.54 Å². The molecule has 2 aliphatic heterocycles. The maximum atomic E-state index is 14.1. The molecule has 3 aliphatic rings. The van der Waals surface area contributed by atoms with E-state index >= 15 is 0 Å². The molecule has 2 atom stereocenters. The number of piperazine rings is 1. The molecule has 2 amide bonds. The molecule has 170 valence electrons. The first kappa shape index (κ1) is 20.5. The molecule has 0 bridgehead atoms. The molecule has 0 unspecified atom stereocenters. The number of fused-ring (bicyclic) bond motifs is 5. The number of hydrogen-bond donors (Lipinski definition) is 1. The lowest BCUT2D eigenvalue weighted by molar-refractivity contribution is -0.168. The van der Waals surface area contributed by atoms with Crippen molar-refractivity contribution < 1.29 is 9.59 Å². The van der Waals surface area contributed by atoms with E-state index in [-0.39, 0.29) is 30.3 Å². The molecule has 1 saturated heterocycles. The number of benzene rings is 2. The van der Waals surface area contributed by atoms with Gasteiger partial charge < -0.3 is 14.8 Å². The van der Waals surface area contributed by atoms with E-state index in [4.69, 9.17) is 0 Å². The van der Waals surface area contributed by atoms with Gasteiger partial charge in [-0.15, -0.1) is 0 Å². The van der Waals surface area contributed by atoms with Crippen LogP contribution < -0.4 is 0 Å². The Kier molecular flexibility index (Phi) is 4.65. The zero-order chi connectivity index (χ0) is 22.7. The monoisotopic (exact) mass is 441 g/mol. The van der Waals surface area contributed by atoms with Gasteiger partial charge in [-0.1, -0.05) is 62.2 Å². The van der Waals surface area contributed by atoms with Crippen LogP contribution in [0.15, 0.2) is 48.5 Å². The second kappa shape index (κ2) is 7.47. The number of rotatable bonds is 3. The molecule has 33 heavy (non-hydrogen) atoms. The number of aryl methyl sites for hydroxylation is 1. The Labute approximate surface area is 194 Å². The standard InChI is InChI=1S/C28H31N3O2/c1-3-18-12-14-19(15-13-18)22-16-31-24(32)17-30(20-8-4-5-9-20)27(33)28(31,2)26-25(22)21-10-6-7-11-23(21)29-26/h6-7,10-15,20,22,29H,3-5,8-9,16-17H2,1-2H3/t22-,28+/m1/s1. The minimum atomic E-state index is -0.994. The van der Waals surface area contributed by atoms with Gasteiger partial charge in [-0.25, -0.2) is 0 Å². The lowest BCUT2D eigenvalue weighted by Gasteiger charge is -2.52. The van der Waals surface area contributed by atoms with Gasteiger partial charge in [0.2, 0.25) is 5.91 Å². The fraction of sp³-hybridized carbons (Fsp3) is 0.429. The molecule has 3 aromatic rings. The third-order valence-electron chi connectivity index (χ3n) is 8.33.